The van der Waals surface area contributed by atoms with Crippen molar-refractivity contribution in [1.29, 1.82) is 0 Å². The fourth-order valence-corrected chi connectivity index (χ4v) is 26.5. The van der Waals surface area contributed by atoms with Crippen molar-refractivity contribution >= 4 is 24.7 Å². The molecule has 0 aliphatic carbocycles. The predicted molar refractivity (Wildman–Crippen MR) is 73.0 cm³/mol. The Morgan fingerprint density at radius 3 is 1.06 bits per heavy atom. The Hall–Kier alpha value is 0.179. The van der Waals surface area contributed by atoms with Crippen LogP contribution in [0.3, 0.4) is 0 Å². The van der Waals surface area contributed by atoms with Crippen LogP contribution >= 0.6 is 0 Å². The van der Waals surface area contributed by atoms with E-state index in [2.05, 4.69) is 65.5 Å². The summed E-state index contributed by atoms with van der Waals surface area (Å²) in [5, 5.41) is 0. The van der Waals surface area contributed by atoms with Crippen molar-refractivity contribution in [2.24, 2.45) is 3.21 Å². The monoisotopic (exact) mass is 333 g/mol. The summed E-state index contributed by atoms with van der Waals surface area (Å²) < 4.78 is 4.81. The molecule has 0 spiro atoms. The standard InChI is InChI=1S/3C4H9.CNO.Sn/c3*1-4(2)3;2-1-3;/h3*1-3H3;;/q;;;-1;+1. The van der Waals surface area contributed by atoms with Crippen LogP contribution in [0.2, 0.25) is 10.3 Å². The van der Waals surface area contributed by atoms with E-state index >= 15 is 0 Å². The minimum absolute atomic E-state index is 0.114. The van der Waals surface area contributed by atoms with Gasteiger partial charge >= 0.3 is 105 Å². The van der Waals surface area contributed by atoms with Crippen LogP contribution in [-0.2, 0) is 4.79 Å². The van der Waals surface area contributed by atoms with Crippen molar-refractivity contribution < 1.29 is 4.79 Å². The molecular formula is C13H27NOSn. The molecule has 0 unspecified atom stereocenters. The summed E-state index contributed by atoms with van der Waals surface area (Å²) in [5.41, 5.74) is 0. The summed E-state index contributed by atoms with van der Waals surface area (Å²) in [6, 6.07) is 0. The predicted octanol–water partition coefficient (Wildman–Crippen LogP) is 4.67. The van der Waals surface area contributed by atoms with Gasteiger partial charge in [0, 0.05) is 0 Å². The zero-order valence-electron chi connectivity index (χ0n) is 12.4. The first-order chi connectivity index (χ1) is 6.81. The summed E-state index contributed by atoms with van der Waals surface area (Å²) in [6.45, 7) is 20.1. The van der Waals surface area contributed by atoms with Crippen LogP contribution in [0.15, 0.2) is 3.21 Å². The third-order valence-electron chi connectivity index (χ3n) is 3.47. The van der Waals surface area contributed by atoms with Crippen LogP contribution < -0.4 is 0 Å². The molecule has 0 aromatic heterocycles. The molecule has 0 fully saturated rings. The Balaban J connectivity index is 6.15. The van der Waals surface area contributed by atoms with E-state index in [9.17, 15) is 4.79 Å². The molecule has 0 radical (unpaired) electrons. The third-order valence-corrected chi connectivity index (χ3v) is 23.3. The van der Waals surface area contributed by atoms with Gasteiger partial charge in [0.1, 0.15) is 0 Å². The molecule has 94 valence electrons. The second-order valence-corrected chi connectivity index (χ2v) is 25.2. The van der Waals surface area contributed by atoms with Gasteiger partial charge in [-0.05, 0) is 0 Å². The molecule has 0 bridgehead atoms. The number of isocyanates is 1. The first-order valence-corrected chi connectivity index (χ1v) is 11.5. The average molecular weight is 332 g/mol. The molecule has 0 saturated heterocycles. The van der Waals surface area contributed by atoms with E-state index in [0.29, 0.717) is 0 Å². The molecule has 0 heterocycles. The Kier molecular flexibility index (Phi) is 4.50. The van der Waals surface area contributed by atoms with Crippen LogP contribution in [0, 0.1) is 0 Å². The summed E-state index contributed by atoms with van der Waals surface area (Å²) in [5.74, 6) is 0. The van der Waals surface area contributed by atoms with E-state index in [4.69, 9.17) is 0 Å². The zero-order valence-corrected chi connectivity index (χ0v) is 15.2. The van der Waals surface area contributed by atoms with Gasteiger partial charge in [-0.25, -0.2) is 0 Å². The maximum atomic E-state index is 10.9. The van der Waals surface area contributed by atoms with E-state index in [-0.39, 0.29) is 10.3 Å². The molecule has 3 heteroatoms. The van der Waals surface area contributed by atoms with Crippen molar-refractivity contribution in [3.8, 4) is 0 Å². The molecule has 0 amide bonds. The molecule has 2 nitrogen and oxygen atoms in total. The average Bonchev–Trinajstić information content (AvgIpc) is 1.91. The molecule has 0 saturated carbocycles. The Labute approximate surface area is 105 Å². The molecule has 0 aliphatic heterocycles. The Morgan fingerprint density at radius 2 is 1.00 bits per heavy atom. The normalized spacial score (nSPS) is 14.6. The number of carbonyl (C=O) groups excluding carboxylic acids is 1. The molecule has 0 aromatic rings. The van der Waals surface area contributed by atoms with Crippen molar-refractivity contribution in [3.63, 3.8) is 0 Å². The molecule has 0 N–H and O–H groups in total. The van der Waals surface area contributed by atoms with Gasteiger partial charge in [-0.1, -0.05) is 0 Å². The summed E-state index contributed by atoms with van der Waals surface area (Å²) in [4.78, 5) is 10.9. The first kappa shape index (κ1) is 16.2. The van der Waals surface area contributed by atoms with Crippen LogP contribution in [0.4, 0.5) is 0 Å². The van der Waals surface area contributed by atoms with E-state index in [1.165, 1.54) is 0 Å². The number of rotatable bonds is 1. The van der Waals surface area contributed by atoms with Gasteiger partial charge < -0.3 is 0 Å². The van der Waals surface area contributed by atoms with Gasteiger partial charge in [0.05, 0.1) is 0 Å². The van der Waals surface area contributed by atoms with E-state index < -0.39 is 18.7 Å². The van der Waals surface area contributed by atoms with Gasteiger partial charge in [-0.2, -0.15) is 0 Å². The van der Waals surface area contributed by atoms with Crippen molar-refractivity contribution in [2.45, 2.75) is 72.6 Å². The van der Waals surface area contributed by atoms with E-state index in [1.54, 1.807) is 0 Å². The molecular weight excluding hydrogens is 305 g/mol. The number of hydrogen-bond donors (Lipinski definition) is 0. The van der Waals surface area contributed by atoms with Gasteiger partial charge in [0.2, 0.25) is 0 Å². The van der Waals surface area contributed by atoms with Crippen LogP contribution in [-0.4, -0.2) is 24.7 Å². The van der Waals surface area contributed by atoms with E-state index in [0.717, 1.165) is 0 Å². The zero-order chi connectivity index (χ0) is 13.4. The summed E-state index contributed by atoms with van der Waals surface area (Å²) in [7, 11) is 0. The summed E-state index contributed by atoms with van der Waals surface area (Å²) >= 11 is -3.10. The van der Waals surface area contributed by atoms with Gasteiger partial charge in [0.15, 0.2) is 0 Å². The van der Waals surface area contributed by atoms with Gasteiger partial charge in [-0.15, -0.1) is 0 Å². The molecule has 0 rings (SSSR count). The summed E-state index contributed by atoms with van der Waals surface area (Å²) in [6.07, 6.45) is 1.90. The molecule has 0 aromatic carbocycles. The second-order valence-electron chi connectivity index (χ2n) is 7.66. The Morgan fingerprint density at radius 1 is 0.750 bits per heavy atom. The van der Waals surface area contributed by atoms with Crippen LogP contribution in [0.1, 0.15) is 62.3 Å². The fourth-order valence-electron chi connectivity index (χ4n) is 3.95. The third kappa shape index (κ3) is 2.53. The quantitative estimate of drug-likeness (QED) is 0.390. The second kappa shape index (κ2) is 4.45. The first-order valence-electron chi connectivity index (χ1n) is 5.90. The van der Waals surface area contributed by atoms with Gasteiger partial charge in [0.25, 0.3) is 0 Å². The topological polar surface area (TPSA) is 29.4 Å². The number of nitrogens with zero attached hydrogens (tertiary/aromatic N) is 1. The number of hydrogen-bond acceptors (Lipinski definition) is 2. The van der Waals surface area contributed by atoms with Crippen LogP contribution in [0.5, 0.6) is 0 Å². The van der Waals surface area contributed by atoms with E-state index in [1.807, 2.05) is 6.08 Å². The van der Waals surface area contributed by atoms with Crippen molar-refractivity contribution in [2.75, 3.05) is 0 Å². The minimum atomic E-state index is -3.10. The van der Waals surface area contributed by atoms with Crippen molar-refractivity contribution in [3.05, 3.63) is 0 Å². The fraction of sp³-hybridized carbons (Fsp3) is 0.923. The van der Waals surface area contributed by atoms with Gasteiger partial charge in [-0.3, -0.25) is 0 Å². The molecule has 0 atom stereocenters. The SMILES string of the molecule is C[C](C)(C)[Sn]([N]=C=O)([C](C)(C)C)[C](C)(C)C. The molecule has 16 heavy (non-hydrogen) atoms. The van der Waals surface area contributed by atoms with Crippen LogP contribution in [0.25, 0.3) is 0 Å². The molecule has 0 aliphatic rings. The maximum absolute atomic E-state index is 10.9. The Bertz CT molecular complexity index is 259. The van der Waals surface area contributed by atoms with Crippen molar-refractivity contribution in [1.82, 2.24) is 0 Å².